The summed E-state index contributed by atoms with van der Waals surface area (Å²) in [5, 5.41) is 0. The van der Waals surface area contributed by atoms with Crippen LogP contribution in [0.5, 0.6) is 11.5 Å². The number of benzene rings is 1. The topological polar surface area (TPSA) is 44.8 Å². The summed E-state index contributed by atoms with van der Waals surface area (Å²) in [4.78, 5) is 11.9. The molecule has 0 N–H and O–H groups in total. The fourth-order valence-electron chi connectivity index (χ4n) is 1.68. The Morgan fingerprint density at radius 1 is 1.35 bits per heavy atom. The normalized spacial score (nSPS) is 15.4. The lowest BCUT2D eigenvalue weighted by Crippen LogP contribution is -2.16. The molecule has 4 nitrogen and oxygen atoms in total. The largest absolute Gasteiger partial charge is 0.486 e. The Morgan fingerprint density at radius 3 is 2.76 bits per heavy atom. The van der Waals surface area contributed by atoms with E-state index in [1.807, 2.05) is 6.92 Å². The summed E-state index contributed by atoms with van der Waals surface area (Å²) in [6.07, 6.45) is 0.298. The van der Waals surface area contributed by atoms with E-state index in [1.165, 1.54) is 0 Å². The zero-order chi connectivity index (χ0) is 12.3. The molecule has 0 spiro atoms. The Labute approximate surface area is 100 Å². The van der Waals surface area contributed by atoms with Crippen LogP contribution >= 0.6 is 0 Å². The van der Waals surface area contributed by atoms with E-state index in [4.69, 9.17) is 14.2 Å². The van der Waals surface area contributed by atoms with Crippen LogP contribution in [0.25, 0.3) is 0 Å². The van der Waals surface area contributed by atoms with Crippen molar-refractivity contribution in [3.63, 3.8) is 0 Å². The maximum Gasteiger partial charge on any atom is 0.165 e. The second-order valence-corrected chi connectivity index (χ2v) is 4.03. The van der Waals surface area contributed by atoms with Gasteiger partial charge in [-0.1, -0.05) is 0 Å². The molecule has 92 valence electrons. The smallest absolute Gasteiger partial charge is 0.165 e. The van der Waals surface area contributed by atoms with E-state index in [2.05, 4.69) is 0 Å². The minimum absolute atomic E-state index is 0.0522. The summed E-state index contributed by atoms with van der Waals surface area (Å²) in [7, 11) is 1.60. The van der Waals surface area contributed by atoms with Crippen molar-refractivity contribution in [2.24, 2.45) is 0 Å². The van der Waals surface area contributed by atoms with Crippen molar-refractivity contribution in [2.75, 3.05) is 20.3 Å². The number of carbonyl (C=O) groups excluding carboxylic acids is 1. The molecule has 1 unspecified atom stereocenters. The van der Waals surface area contributed by atoms with E-state index in [0.29, 0.717) is 36.7 Å². The number of hydrogen-bond acceptors (Lipinski definition) is 4. The summed E-state index contributed by atoms with van der Waals surface area (Å²) < 4.78 is 15.9. The van der Waals surface area contributed by atoms with Gasteiger partial charge in [0, 0.05) is 19.1 Å². The molecule has 0 amide bonds. The van der Waals surface area contributed by atoms with Gasteiger partial charge in [0.05, 0.1) is 6.10 Å². The molecule has 0 aromatic heterocycles. The highest BCUT2D eigenvalue weighted by Gasteiger charge is 2.16. The molecule has 0 fully saturated rings. The zero-order valence-corrected chi connectivity index (χ0v) is 10.1. The highest BCUT2D eigenvalue weighted by Crippen LogP contribution is 2.31. The lowest BCUT2D eigenvalue weighted by Gasteiger charge is -2.18. The van der Waals surface area contributed by atoms with E-state index in [-0.39, 0.29) is 11.9 Å². The first-order chi connectivity index (χ1) is 8.20. The van der Waals surface area contributed by atoms with Crippen molar-refractivity contribution in [2.45, 2.75) is 19.4 Å². The van der Waals surface area contributed by atoms with Crippen LogP contribution in [0.2, 0.25) is 0 Å². The van der Waals surface area contributed by atoms with Crippen molar-refractivity contribution in [1.29, 1.82) is 0 Å². The van der Waals surface area contributed by atoms with E-state index < -0.39 is 0 Å². The number of Topliss-reactive ketones (excluding diaryl/α,β-unsaturated/α-hetero) is 1. The lowest BCUT2D eigenvalue weighted by molar-refractivity contribution is 0.0791. The van der Waals surface area contributed by atoms with Gasteiger partial charge in [-0.25, -0.2) is 0 Å². The maximum atomic E-state index is 11.9. The van der Waals surface area contributed by atoms with Crippen molar-refractivity contribution in [3.8, 4) is 11.5 Å². The van der Waals surface area contributed by atoms with Crippen LogP contribution in [0, 0.1) is 0 Å². The summed E-state index contributed by atoms with van der Waals surface area (Å²) in [6, 6.07) is 5.27. The van der Waals surface area contributed by atoms with Gasteiger partial charge < -0.3 is 14.2 Å². The first kappa shape index (κ1) is 11.9. The zero-order valence-electron chi connectivity index (χ0n) is 10.1. The van der Waals surface area contributed by atoms with Crippen LogP contribution in [0.4, 0.5) is 0 Å². The van der Waals surface area contributed by atoms with E-state index in [9.17, 15) is 4.79 Å². The molecule has 1 aromatic carbocycles. The summed E-state index contributed by atoms with van der Waals surface area (Å²) >= 11 is 0. The van der Waals surface area contributed by atoms with Crippen LogP contribution in [-0.2, 0) is 4.74 Å². The maximum absolute atomic E-state index is 11.9. The van der Waals surface area contributed by atoms with Gasteiger partial charge in [0.15, 0.2) is 17.3 Å². The second kappa shape index (κ2) is 5.19. The minimum atomic E-state index is -0.0734. The van der Waals surface area contributed by atoms with Crippen molar-refractivity contribution < 1.29 is 19.0 Å². The van der Waals surface area contributed by atoms with E-state index >= 15 is 0 Å². The van der Waals surface area contributed by atoms with E-state index in [1.54, 1.807) is 25.3 Å². The number of ketones is 1. The number of carbonyl (C=O) groups is 1. The molecule has 1 aromatic rings. The molecule has 0 radical (unpaired) electrons. The number of fused-ring (bicyclic) bond motifs is 1. The molecule has 0 saturated heterocycles. The molecule has 17 heavy (non-hydrogen) atoms. The first-order valence-electron chi connectivity index (χ1n) is 5.66. The first-order valence-corrected chi connectivity index (χ1v) is 5.66. The molecule has 0 bridgehead atoms. The van der Waals surface area contributed by atoms with Crippen LogP contribution in [0.3, 0.4) is 0 Å². The Bertz CT molecular complexity index is 414. The lowest BCUT2D eigenvalue weighted by atomic mass is 10.1. The minimum Gasteiger partial charge on any atom is -0.486 e. The van der Waals surface area contributed by atoms with Crippen LogP contribution in [0.1, 0.15) is 23.7 Å². The van der Waals surface area contributed by atoms with Gasteiger partial charge in [0.2, 0.25) is 0 Å². The van der Waals surface area contributed by atoms with E-state index in [0.717, 1.165) is 0 Å². The monoisotopic (exact) mass is 236 g/mol. The molecule has 4 heteroatoms. The van der Waals surface area contributed by atoms with Crippen LogP contribution in [-0.4, -0.2) is 32.2 Å². The average Bonchev–Trinajstić information content (AvgIpc) is 2.38. The number of ether oxygens (including phenoxy) is 3. The van der Waals surface area contributed by atoms with Gasteiger partial charge in [0.1, 0.15) is 13.2 Å². The highest BCUT2D eigenvalue weighted by atomic mass is 16.6. The molecule has 1 heterocycles. The third-order valence-corrected chi connectivity index (χ3v) is 2.74. The SMILES string of the molecule is COC(C)CC(=O)c1ccc2c(c1)OCCO2. The number of methoxy groups -OCH3 is 1. The van der Waals surface area contributed by atoms with Gasteiger partial charge in [-0.3, -0.25) is 4.79 Å². The summed E-state index contributed by atoms with van der Waals surface area (Å²) in [5.74, 6) is 1.40. The average molecular weight is 236 g/mol. The third kappa shape index (κ3) is 2.77. The van der Waals surface area contributed by atoms with Crippen molar-refractivity contribution in [1.82, 2.24) is 0 Å². The molecule has 0 saturated carbocycles. The molecule has 0 aliphatic carbocycles. The number of rotatable bonds is 4. The Morgan fingerprint density at radius 2 is 2.06 bits per heavy atom. The predicted octanol–water partition coefficient (Wildman–Crippen LogP) is 2.07. The summed E-state index contributed by atoms with van der Waals surface area (Å²) in [6.45, 7) is 2.95. The molecule has 1 aliphatic heterocycles. The van der Waals surface area contributed by atoms with Gasteiger partial charge in [-0.15, -0.1) is 0 Å². The quantitative estimate of drug-likeness (QED) is 0.751. The fourth-order valence-corrected chi connectivity index (χ4v) is 1.68. The Kier molecular flexibility index (Phi) is 3.64. The Balaban J connectivity index is 2.13. The second-order valence-electron chi connectivity index (χ2n) is 4.03. The standard InChI is InChI=1S/C13H16O4/c1-9(15-2)7-11(14)10-3-4-12-13(8-10)17-6-5-16-12/h3-4,8-9H,5-7H2,1-2H3. The summed E-state index contributed by atoms with van der Waals surface area (Å²) in [5.41, 5.74) is 0.637. The third-order valence-electron chi connectivity index (χ3n) is 2.74. The van der Waals surface area contributed by atoms with Gasteiger partial charge in [-0.2, -0.15) is 0 Å². The molecule has 1 atom stereocenters. The van der Waals surface area contributed by atoms with Crippen molar-refractivity contribution >= 4 is 5.78 Å². The highest BCUT2D eigenvalue weighted by molar-refractivity contribution is 5.97. The van der Waals surface area contributed by atoms with Gasteiger partial charge >= 0.3 is 0 Å². The van der Waals surface area contributed by atoms with Crippen molar-refractivity contribution in [3.05, 3.63) is 23.8 Å². The number of hydrogen-bond donors (Lipinski definition) is 0. The van der Waals surface area contributed by atoms with Crippen LogP contribution in [0.15, 0.2) is 18.2 Å². The fraction of sp³-hybridized carbons (Fsp3) is 0.462. The van der Waals surface area contributed by atoms with Gasteiger partial charge in [-0.05, 0) is 25.1 Å². The molecule has 1 aliphatic rings. The van der Waals surface area contributed by atoms with Crippen LogP contribution < -0.4 is 9.47 Å². The molecule has 2 rings (SSSR count). The Hall–Kier alpha value is -1.55. The molecular formula is C13H16O4. The predicted molar refractivity (Wildman–Crippen MR) is 62.9 cm³/mol. The molecular weight excluding hydrogens is 220 g/mol. The van der Waals surface area contributed by atoms with Gasteiger partial charge in [0.25, 0.3) is 0 Å².